The Morgan fingerprint density at radius 3 is 2.71 bits per heavy atom. The van der Waals surface area contributed by atoms with Crippen LogP contribution in [0, 0.1) is 5.92 Å². The largest absolute Gasteiger partial charge is 0.387 e. The molecule has 6 nitrogen and oxygen atoms in total. The molecule has 116 valence electrons. The average molecular weight is 293 g/mol. The fourth-order valence-electron chi connectivity index (χ4n) is 2.79. The Hall–Kier alpha value is -1.40. The van der Waals surface area contributed by atoms with E-state index in [1.807, 2.05) is 25.7 Å². The van der Waals surface area contributed by atoms with Gasteiger partial charge in [-0.05, 0) is 18.8 Å². The molecule has 1 aliphatic heterocycles. The third-order valence-electron chi connectivity index (χ3n) is 4.24. The highest BCUT2D eigenvalue weighted by molar-refractivity contribution is 5.91. The van der Waals surface area contributed by atoms with E-state index in [-0.39, 0.29) is 17.9 Å². The molecule has 1 saturated carbocycles. The lowest BCUT2D eigenvalue weighted by molar-refractivity contribution is -0.132. The smallest absolute Gasteiger partial charge is 0.240 e. The van der Waals surface area contributed by atoms with Crippen molar-refractivity contribution < 1.29 is 14.4 Å². The van der Waals surface area contributed by atoms with Crippen molar-refractivity contribution in [3.8, 4) is 0 Å². The van der Waals surface area contributed by atoms with Gasteiger partial charge >= 0.3 is 0 Å². The second kappa shape index (κ2) is 4.81. The molecule has 1 saturated heterocycles. The third-order valence-corrected chi connectivity index (χ3v) is 4.24. The lowest BCUT2D eigenvalue weighted by atomic mass is 9.89. The standard InChI is InChI=1S/C15H23N3O3/c1-14(2,3)11-6-13(21-17-11)16-12(19)7-18-8-15(20,9-18)10-4-5-10/h6,10,20H,4-5,7-9H2,1-3H3,(H,16,19). The van der Waals surface area contributed by atoms with E-state index in [9.17, 15) is 9.90 Å². The number of anilines is 1. The second-order valence-electron chi connectivity index (χ2n) is 7.40. The lowest BCUT2D eigenvalue weighted by Gasteiger charge is -2.46. The molecule has 2 N–H and O–H groups in total. The van der Waals surface area contributed by atoms with Crippen LogP contribution in [0.15, 0.2) is 10.6 Å². The normalized spacial score (nSPS) is 21.9. The first-order valence-electron chi connectivity index (χ1n) is 7.48. The quantitative estimate of drug-likeness (QED) is 0.876. The predicted octanol–water partition coefficient (Wildman–Crippen LogP) is 1.37. The highest BCUT2D eigenvalue weighted by Gasteiger charge is 2.51. The van der Waals surface area contributed by atoms with Gasteiger partial charge in [0.1, 0.15) is 0 Å². The average Bonchev–Trinajstić information content (AvgIpc) is 3.07. The molecule has 2 heterocycles. The van der Waals surface area contributed by atoms with Gasteiger partial charge in [-0.3, -0.25) is 15.0 Å². The topological polar surface area (TPSA) is 78.6 Å². The van der Waals surface area contributed by atoms with Gasteiger partial charge < -0.3 is 9.63 Å². The molecule has 0 unspecified atom stereocenters. The van der Waals surface area contributed by atoms with Crippen LogP contribution in [0.5, 0.6) is 0 Å². The first kappa shape index (κ1) is 14.5. The summed E-state index contributed by atoms with van der Waals surface area (Å²) < 4.78 is 5.13. The van der Waals surface area contributed by atoms with Gasteiger partial charge in [0.2, 0.25) is 11.8 Å². The van der Waals surface area contributed by atoms with Crippen molar-refractivity contribution in [2.75, 3.05) is 25.0 Å². The molecule has 6 heteroatoms. The molecule has 21 heavy (non-hydrogen) atoms. The minimum atomic E-state index is -0.550. The van der Waals surface area contributed by atoms with Gasteiger partial charge in [0.15, 0.2) is 0 Å². The molecule has 1 amide bonds. The number of nitrogens with zero attached hydrogens (tertiary/aromatic N) is 2. The number of aliphatic hydroxyl groups is 1. The van der Waals surface area contributed by atoms with E-state index in [0.717, 1.165) is 18.5 Å². The number of carbonyl (C=O) groups is 1. The van der Waals surface area contributed by atoms with Gasteiger partial charge in [0.05, 0.1) is 17.8 Å². The maximum atomic E-state index is 11.9. The van der Waals surface area contributed by atoms with Crippen molar-refractivity contribution in [2.24, 2.45) is 5.92 Å². The fourth-order valence-corrected chi connectivity index (χ4v) is 2.79. The summed E-state index contributed by atoms with van der Waals surface area (Å²) in [4.78, 5) is 13.9. The highest BCUT2D eigenvalue weighted by Crippen LogP contribution is 2.44. The van der Waals surface area contributed by atoms with E-state index in [2.05, 4.69) is 10.5 Å². The van der Waals surface area contributed by atoms with Gasteiger partial charge in [0, 0.05) is 24.6 Å². The van der Waals surface area contributed by atoms with E-state index in [0.29, 0.717) is 24.9 Å². The number of β-amino-alcohol motifs (C(OH)–C–C–N with tert-alkyl or cyclic N) is 1. The summed E-state index contributed by atoms with van der Waals surface area (Å²) >= 11 is 0. The SMILES string of the molecule is CC(C)(C)c1cc(NC(=O)CN2CC(O)(C3CC3)C2)on1. The van der Waals surface area contributed by atoms with Crippen LogP contribution >= 0.6 is 0 Å². The zero-order valence-electron chi connectivity index (χ0n) is 12.8. The second-order valence-corrected chi connectivity index (χ2v) is 7.40. The third kappa shape index (κ3) is 3.11. The van der Waals surface area contributed by atoms with Crippen LogP contribution < -0.4 is 5.32 Å². The van der Waals surface area contributed by atoms with Crippen molar-refractivity contribution in [1.82, 2.24) is 10.1 Å². The molecule has 2 fully saturated rings. The molecular weight excluding hydrogens is 270 g/mol. The zero-order chi connectivity index (χ0) is 15.3. The number of hydrogen-bond donors (Lipinski definition) is 2. The molecule has 0 spiro atoms. The Labute approximate surface area is 124 Å². The number of nitrogens with one attached hydrogen (secondary N) is 1. The van der Waals surface area contributed by atoms with Crippen molar-refractivity contribution in [3.63, 3.8) is 0 Å². The number of rotatable bonds is 4. The van der Waals surface area contributed by atoms with Crippen LogP contribution in [0.4, 0.5) is 5.88 Å². The molecule has 0 radical (unpaired) electrons. The van der Waals surface area contributed by atoms with Crippen LogP contribution in [0.1, 0.15) is 39.3 Å². The zero-order valence-corrected chi connectivity index (χ0v) is 12.8. The Morgan fingerprint density at radius 1 is 1.52 bits per heavy atom. The monoisotopic (exact) mass is 293 g/mol. The Balaban J connectivity index is 1.48. The van der Waals surface area contributed by atoms with Gasteiger partial charge in [-0.2, -0.15) is 0 Å². The van der Waals surface area contributed by atoms with E-state index < -0.39 is 5.60 Å². The first-order valence-corrected chi connectivity index (χ1v) is 7.48. The Morgan fingerprint density at radius 2 is 2.19 bits per heavy atom. The van der Waals surface area contributed by atoms with Gasteiger partial charge in [-0.25, -0.2) is 0 Å². The summed E-state index contributed by atoms with van der Waals surface area (Å²) in [5, 5.41) is 16.9. The van der Waals surface area contributed by atoms with Crippen LogP contribution in [0.25, 0.3) is 0 Å². The summed E-state index contributed by atoms with van der Waals surface area (Å²) in [6, 6.07) is 1.76. The van der Waals surface area contributed by atoms with E-state index in [1.54, 1.807) is 6.07 Å². The number of carbonyl (C=O) groups excluding carboxylic acids is 1. The molecule has 1 aromatic heterocycles. The fraction of sp³-hybridized carbons (Fsp3) is 0.733. The van der Waals surface area contributed by atoms with Crippen molar-refractivity contribution >= 4 is 11.8 Å². The minimum absolute atomic E-state index is 0.106. The number of hydrogen-bond acceptors (Lipinski definition) is 5. The molecular formula is C15H23N3O3. The van der Waals surface area contributed by atoms with Crippen molar-refractivity contribution in [2.45, 2.75) is 44.6 Å². The maximum absolute atomic E-state index is 11.9. The first-order chi connectivity index (χ1) is 9.76. The van der Waals surface area contributed by atoms with Gasteiger partial charge in [-0.15, -0.1) is 0 Å². The summed E-state index contributed by atoms with van der Waals surface area (Å²) in [5.41, 5.74) is 0.154. The highest BCUT2D eigenvalue weighted by atomic mass is 16.5. The molecule has 3 rings (SSSR count). The van der Waals surface area contributed by atoms with E-state index in [4.69, 9.17) is 4.52 Å². The summed E-state index contributed by atoms with van der Waals surface area (Å²) in [5.74, 6) is 0.688. The molecule has 1 aliphatic carbocycles. The van der Waals surface area contributed by atoms with Crippen molar-refractivity contribution in [1.29, 1.82) is 0 Å². The van der Waals surface area contributed by atoms with Gasteiger partial charge in [-0.1, -0.05) is 25.9 Å². The Bertz CT molecular complexity index is 537. The summed E-state index contributed by atoms with van der Waals surface area (Å²) in [6.07, 6.45) is 2.23. The summed E-state index contributed by atoms with van der Waals surface area (Å²) in [7, 11) is 0. The summed E-state index contributed by atoms with van der Waals surface area (Å²) in [6.45, 7) is 7.57. The molecule has 0 aromatic carbocycles. The van der Waals surface area contributed by atoms with Crippen LogP contribution in [0.2, 0.25) is 0 Å². The van der Waals surface area contributed by atoms with Crippen LogP contribution in [0.3, 0.4) is 0 Å². The predicted molar refractivity (Wildman–Crippen MR) is 77.9 cm³/mol. The van der Waals surface area contributed by atoms with E-state index in [1.165, 1.54) is 0 Å². The molecule has 0 bridgehead atoms. The number of likely N-dealkylation sites (tertiary alicyclic amines) is 1. The van der Waals surface area contributed by atoms with Crippen molar-refractivity contribution in [3.05, 3.63) is 11.8 Å². The van der Waals surface area contributed by atoms with Crippen LogP contribution in [-0.2, 0) is 10.2 Å². The van der Waals surface area contributed by atoms with E-state index >= 15 is 0 Å². The number of amides is 1. The number of aromatic nitrogens is 1. The van der Waals surface area contributed by atoms with Crippen LogP contribution in [-0.4, -0.2) is 46.3 Å². The van der Waals surface area contributed by atoms with Gasteiger partial charge in [0.25, 0.3) is 0 Å². The lowest BCUT2D eigenvalue weighted by Crippen LogP contribution is -2.64. The maximum Gasteiger partial charge on any atom is 0.240 e. The molecule has 1 aromatic rings. The Kier molecular flexibility index (Phi) is 3.33. The minimum Gasteiger partial charge on any atom is -0.387 e. The molecule has 0 atom stereocenters. The molecule has 2 aliphatic rings.